The molecule has 1 unspecified atom stereocenters. The van der Waals surface area contributed by atoms with Crippen molar-refractivity contribution in [3.8, 4) is 0 Å². The lowest BCUT2D eigenvalue weighted by Gasteiger charge is -2.32. The fraction of sp³-hybridized carbons (Fsp3) is 0.438. The van der Waals surface area contributed by atoms with Gasteiger partial charge in [-0.25, -0.2) is 0 Å². The number of halogens is 1. The van der Waals surface area contributed by atoms with Crippen LogP contribution < -0.4 is 11.1 Å². The normalized spacial score (nSPS) is 18.2. The van der Waals surface area contributed by atoms with Crippen LogP contribution in [0, 0.1) is 0 Å². The van der Waals surface area contributed by atoms with Gasteiger partial charge in [-0.2, -0.15) is 0 Å². The minimum Gasteiger partial charge on any atom is -0.386 e. The van der Waals surface area contributed by atoms with Gasteiger partial charge in [-0.05, 0) is 30.4 Å². The summed E-state index contributed by atoms with van der Waals surface area (Å²) in [6.45, 7) is 1.18. The molecule has 4 N–H and O–H groups in total. The van der Waals surface area contributed by atoms with Crippen molar-refractivity contribution in [2.45, 2.75) is 24.5 Å². The van der Waals surface area contributed by atoms with Crippen LogP contribution in [0.5, 0.6) is 0 Å². The van der Waals surface area contributed by atoms with Gasteiger partial charge < -0.3 is 20.9 Å². The van der Waals surface area contributed by atoms with Crippen LogP contribution in [-0.4, -0.2) is 36.3 Å². The topological polar surface area (TPSA) is 84.6 Å². The third-order valence-electron chi connectivity index (χ3n) is 4.07. The monoisotopic (exact) mass is 356 g/mol. The van der Waals surface area contributed by atoms with Gasteiger partial charge in [-0.3, -0.25) is 4.79 Å². The molecule has 2 aromatic rings. The molecule has 0 aliphatic carbocycles. The number of nitrogens with two attached hydrogens (primary N) is 1. The summed E-state index contributed by atoms with van der Waals surface area (Å²) in [6, 6.07) is 9.93. The van der Waals surface area contributed by atoms with Crippen LogP contribution in [0.1, 0.15) is 23.8 Å². The van der Waals surface area contributed by atoms with E-state index >= 15 is 0 Å². The molecule has 0 bridgehead atoms. The summed E-state index contributed by atoms with van der Waals surface area (Å²) in [5.41, 5.74) is 5.24. The molecule has 5 nitrogen and oxygen atoms in total. The molecule has 1 aromatic carbocycles. The summed E-state index contributed by atoms with van der Waals surface area (Å²) in [7, 11) is 0. The number of nitrogens with one attached hydrogen (secondary N) is 1. The summed E-state index contributed by atoms with van der Waals surface area (Å²) in [6.07, 6.45) is 0.306. The van der Waals surface area contributed by atoms with Gasteiger partial charge >= 0.3 is 0 Å². The van der Waals surface area contributed by atoms with E-state index in [2.05, 4.69) is 5.32 Å². The fourth-order valence-corrected chi connectivity index (χ4v) is 3.65. The summed E-state index contributed by atoms with van der Waals surface area (Å²) in [5.74, 6) is -0.212. The SMILES string of the molecule is Cl.NC1(C(=O)NCC(O)c2cc3ccccc3s2)CCOCC1. The highest BCUT2D eigenvalue weighted by molar-refractivity contribution is 7.19. The van der Waals surface area contributed by atoms with Crippen molar-refractivity contribution >= 4 is 39.7 Å². The van der Waals surface area contributed by atoms with Gasteiger partial charge in [0.2, 0.25) is 5.91 Å². The first-order chi connectivity index (χ1) is 10.6. The lowest BCUT2D eigenvalue weighted by molar-refractivity contribution is -0.130. The summed E-state index contributed by atoms with van der Waals surface area (Å²) >= 11 is 1.54. The van der Waals surface area contributed by atoms with Crippen LogP contribution in [-0.2, 0) is 9.53 Å². The van der Waals surface area contributed by atoms with Crippen LogP contribution in [0.25, 0.3) is 10.1 Å². The second-order valence-electron chi connectivity index (χ2n) is 5.68. The van der Waals surface area contributed by atoms with E-state index in [1.807, 2.05) is 30.3 Å². The molecule has 1 fully saturated rings. The van der Waals surface area contributed by atoms with Gasteiger partial charge in [-0.1, -0.05) is 18.2 Å². The molecule has 0 radical (unpaired) electrons. The largest absolute Gasteiger partial charge is 0.386 e. The summed E-state index contributed by atoms with van der Waals surface area (Å²) in [4.78, 5) is 13.1. The number of fused-ring (bicyclic) bond motifs is 1. The fourth-order valence-electron chi connectivity index (χ4n) is 2.60. The van der Waals surface area contributed by atoms with E-state index in [9.17, 15) is 9.90 Å². The number of carbonyl (C=O) groups excluding carboxylic acids is 1. The van der Waals surface area contributed by atoms with Crippen LogP contribution in [0.15, 0.2) is 30.3 Å². The average molecular weight is 357 g/mol. The Bertz CT molecular complexity index is 637. The highest BCUT2D eigenvalue weighted by Gasteiger charge is 2.35. The molecular weight excluding hydrogens is 336 g/mol. The molecule has 2 heterocycles. The highest BCUT2D eigenvalue weighted by atomic mass is 35.5. The van der Waals surface area contributed by atoms with Gasteiger partial charge in [0.25, 0.3) is 0 Å². The Balaban J connectivity index is 0.00000192. The van der Waals surface area contributed by atoms with Crippen LogP contribution >= 0.6 is 23.7 Å². The molecule has 23 heavy (non-hydrogen) atoms. The van der Waals surface area contributed by atoms with Gasteiger partial charge in [-0.15, -0.1) is 23.7 Å². The van der Waals surface area contributed by atoms with Crippen molar-refractivity contribution in [3.05, 3.63) is 35.2 Å². The molecular formula is C16H21ClN2O3S. The van der Waals surface area contributed by atoms with Crippen LogP contribution in [0.3, 0.4) is 0 Å². The van der Waals surface area contributed by atoms with Gasteiger partial charge in [0.15, 0.2) is 0 Å². The Hall–Kier alpha value is -1.18. The maximum atomic E-state index is 12.2. The van der Waals surface area contributed by atoms with Gasteiger partial charge in [0.05, 0.1) is 5.54 Å². The predicted molar refractivity (Wildman–Crippen MR) is 94.0 cm³/mol. The minimum absolute atomic E-state index is 0. The number of ether oxygens (including phenoxy) is 1. The van der Waals surface area contributed by atoms with Crippen LogP contribution in [0.2, 0.25) is 0 Å². The maximum absolute atomic E-state index is 12.2. The van der Waals surface area contributed by atoms with Crippen molar-refractivity contribution in [1.82, 2.24) is 5.32 Å². The number of hydrogen-bond donors (Lipinski definition) is 3. The number of rotatable bonds is 4. The van der Waals surface area contributed by atoms with Crippen molar-refractivity contribution in [1.29, 1.82) is 0 Å². The zero-order valence-corrected chi connectivity index (χ0v) is 14.3. The third-order valence-corrected chi connectivity index (χ3v) is 5.28. The number of aliphatic hydroxyl groups excluding tert-OH is 1. The minimum atomic E-state index is -0.877. The second-order valence-corrected chi connectivity index (χ2v) is 6.80. The number of hydrogen-bond acceptors (Lipinski definition) is 5. The van der Waals surface area contributed by atoms with E-state index < -0.39 is 11.6 Å². The molecule has 7 heteroatoms. The smallest absolute Gasteiger partial charge is 0.240 e. The number of amides is 1. The van der Waals surface area contributed by atoms with Crippen LogP contribution in [0.4, 0.5) is 0 Å². The molecule has 1 saturated heterocycles. The Morgan fingerprint density at radius 3 is 2.78 bits per heavy atom. The molecule has 0 spiro atoms. The number of aliphatic hydroxyl groups is 1. The number of thiophene rings is 1. The first-order valence-corrected chi connectivity index (χ1v) is 8.22. The Morgan fingerprint density at radius 2 is 2.09 bits per heavy atom. The molecule has 126 valence electrons. The molecule has 3 rings (SSSR count). The molecule has 1 atom stereocenters. The molecule has 1 aliphatic rings. The average Bonchev–Trinajstić information content (AvgIpc) is 2.97. The first-order valence-electron chi connectivity index (χ1n) is 7.40. The molecule has 1 aromatic heterocycles. The van der Waals surface area contributed by atoms with E-state index in [-0.39, 0.29) is 24.9 Å². The van der Waals surface area contributed by atoms with Gasteiger partial charge in [0, 0.05) is 29.3 Å². The van der Waals surface area contributed by atoms with E-state index in [1.54, 1.807) is 0 Å². The highest BCUT2D eigenvalue weighted by Crippen LogP contribution is 2.29. The zero-order valence-electron chi connectivity index (χ0n) is 12.7. The first kappa shape index (κ1) is 18.2. The van der Waals surface area contributed by atoms with E-state index in [1.165, 1.54) is 11.3 Å². The number of benzene rings is 1. The quantitative estimate of drug-likeness (QED) is 0.782. The van der Waals surface area contributed by atoms with E-state index in [0.29, 0.717) is 26.1 Å². The second kappa shape index (κ2) is 7.59. The molecule has 0 saturated carbocycles. The third kappa shape index (κ3) is 4.02. The van der Waals surface area contributed by atoms with Crippen molar-refractivity contribution in [2.24, 2.45) is 5.73 Å². The Morgan fingerprint density at radius 1 is 1.39 bits per heavy atom. The van der Waals surface area contributed by atoms with Gasteiger partial charge in [0.1, 0.15) is 6.10 Å². The zero-order chi connectivity index (χ0) is 15.6. The lowest BCUT2D eigenvalue weighted by Crippen LogP contribution is -2.57. The van der Waals surface area contributed by atoms with Crippen molar-refractivity contribution in [3.63, 3.8) is 0 Å². The standard InChI is InChI=1S/C16H20N2O3S.ClH/c17-16(5-7-21-8-6-16)15(20)18-10-12(19)14-9-11-3-1-2-4-13(11)22-14;/h1-4,9,12,19H,5-8,10,17H2,(H,18,20);1H. The van der Waals surface area contributed by atoms with Crippen molar-refractivity contribution < 1.29 is 14.6 Å². The van der Waals surface area contributed by atoms with E-state index in [4.69, 9.17) is 10.5 Å². The van der Waals surface area contributed by atoms with E-state index in [0.717, 1.165) is 15.0 Å². The summed E-state index contributed by atoms with van der Waals surface area (Å²) < 4.78 is 6.36. The predicted octanol–water partition coefficient (Wildman–Crippen LogP) is 1.98. The summed E-state index contributed by atoms with van der Waals surface area (Å²) in [5, 5.41) is 14.2. The Kier molecular flexibility index (Phi) is 6.00. The lowest BCUT2D eigenvalue weighted by atomic mass is 9.90. The van der Waals surface area contributed by atoms with Crippen molar-refractivity contribution in [2.75, 3.05) is 19.8 Å². The maximum Gasteiger partial charge on any atom is 0.240 e. The molecule has 1 aliphatic heterocycles. The number of carbonyl (C=O) groups is 1. The Labute approximate surface area is 145 Å². The molecule has 1 amide bonds.